The van der Waals surface area contributed by atoms with E-state index in [1.807, 2.05) is 36.4 Å². The average Bonchev–Trinajstić information content (AvgIpc) is 2.49. The van der Waals surface area contributed by atoms with E-state index in [4.69, 9.17) is 0 Å². The maximum atomic E-state index is 11.5. The Hall–Kier alpha value is -2.35. The summed E-state index contributed by atoms with van der Waals surface area (Å²) in [5.74, 6) is 0.149. The molecule has 21 heavy (non-hydrogen) atoms. The number of hydrogen-bond acceptors (Lipinski definition) is 1. The summed E-state index contributed by atoms with van der Waals surface area (Å²) in [5.41, 5.74) is 4.38. The summed E-state index contributed by atoms with van der Waals surface area (Å²) in [6.45, 7) is 7.48. The molecule has 1 amide bonds. The molecule has 0 radical (unpaired) electrons. The molecule has 2 rings (SSSR count). The lowest BCUT2D eigenvalue weighted by Gasteiger charge is -2.18. The molecule has 0 aromatic heterocycles. The Labute approximate surface area is 126 Å². The van der Waals surface area contributed by atoms with Gasteiger partial charge in [0.15, 0.2) is 0 Å². The Balaban J connectivity index is 2.44. The van der Waals surface area contributed by atoms with Crippen molar-refractivity contribution in [1.82, 2.24) is 0 Å². The van der Waals surface area contributed by atoms with Gasteiger partial charge in [0.2, 0.25) is 5.91 Å². The number of carbonyl (C=O) groups excluding carboxylic acids is 1. The van der Waals surface area contributed by atoms with E-state index >= 15 is 0 Å². The van der Waals surface area contributed by atoms with Gasteiger partial charge in [-0.2, -0.15) is 0 Å². The first kappa shape index (κ1) is 15.0. The third-order valence-electron chi connectivity index (χ3n) is 3.57. The van der Waals surface area contributed by atoms with E-state index in [-0.39, 0.29) is 11.8 Å². The van der Waals surface area contributed by atoms with Crippen LogP contribution in [0, 0.1) is 0 Å². The molecule has 0 bridgehead atoms. The van der Waals surface area contributed by atoms with Crippen LogP contribution in [0.5, 0.6) is 0 Å². The van der Waals surface area contributed by atoms with Gasteiger partial charge in [0.1, 0.15) is 0 Å². The van der Waals surface area contributed by atoms with Gasteiger partial charge in [0, 0.05) is 18.5 Å². The number of nitrogens with one attached hydrogen (secondary N) is 1. The van der Waals surface area contributed by atoms with E-state index in [2.05, 4.69) is 37.0 Å². The zero-order valence-electron chi connectivity index (χ0n) is 12.6. The Kier molecular flexibility index (Phi) is 4.94. The van der Waals surface area contributed by atoms with Gasteiger partial charge in [-0.15, -0.1) is 6.58 Å². The molecule has 0 saturated heterocycles. The van der Waals surface area contributed by atoms with Crippen molar-refractivity contribution in [2.75, 3.05) is 5.32 Å². The van der Waals surface area contributed by atoms with Crippen LogP contribution in [0.2, 0.25) is 0 Å². The molecule has 0 heterocycles. The lowest BCUT2D eigenvalue weighted by molar-refractivity contribution is -0.114. The highest BCUT2D eigenvalue weighted by atomic mass is 16.1. The van der Waals surface area contributed by atoms with Gasteiger partial charge in [0.25, 0.3) is 0 Å². The number of amides is 1. The molecule has 1 atom stereocenters. The zero-order valence-corrected chi connectivity index (χ0v) is 12.6. The van der Waals surface area contributed by atoms with Crippen molar-refractivity contribution in [3.63, 3.8) is 0 Å². The zero-order chi connectivity index (χ0) is 15.2. The SMILES string of the molecule is C=CC(C)c1cccc(Cc2ccccc2)c1NC(C)=O. The first-order chi connectivity index (χ1) is 10.1. The molecule has 1 unspecified atom stereocenters. The van der Waals surface area contributed by atoms with Crippen LogP contribution in [0.4, 0.5) is 5.69 Å². The van der Waals surface area contributed by atoms with Crippen molar-refractivity contribution in [1.29, 1.82) is 0 Å². The maximum absolute atomic E-state index is 11.5. The summed E-state index contributed by atoms with van der Waals surface area (Å²) in [6, 6.07) is 16.4. The number of para-hydroxylation sites is 1. The molecule has 2 nitrogen and oxygen atoms in total. The molecule has 108 valence electrons. The summed E-state index contributed by atoms with van der Waals surface area (Å²) in [6.07, 6.45) is 2.70. The third kappa shape index (κ3) is 3.82. The monoisotopic (exact) mass is 279 g/mol. The molecule has 1 N–H and O–H groups in total. The summed E-state index contributed by atoms with van der Waals surface area (Å²) in [4.78, 5) is 11.5. The van der Waals surface area contributed by atoms with Gasteiger partial charge in [-0.05, 0) is 23.1 Å². The summed E-state index contributed by atoms with van der Waals surface area (Å²) in [5, 5.41) is 2.99. The van der Waals surface area contributed by atoms with E-state index in [0.29, 0.717) is 0 Å². The predicted molar refractivity (Wildman–Crippen MR) is 88.6 cm³/mol. The second-order valence-corrected chi connectivity index (χ2v) is 5.25. The first-order valence-electron chi connectivity index (χ1n) is 7.17. The van der Waals surface area contributed by atoms with Crippen molar-refractivity contribution in [3.05, 3.63) is 77.9 Å². The number of allylic oxidation sites excluding steroid dienone is 1. The van der Waals surface area contributed by atoms with Crippen molar-refractivity contribution in [2.45, 2.75) is 26.2 Å². The van der Waals surface area contributed by atoms with Crippen LogP contribution in [0.25, 0.3) is 0 Å². The second kappa shape index (κ2) is 6.89. The third-order valence-corrected chi connectivity index (χ3v) is 3.57. The standard InChI is InChI=1S/C19H21NO/c1-4-14(2)18-12-8-11-17(19(18)20-15(3)21)13-16-9-6-5-7-10-16/h4-12,14H,1,13H2,2-3H3,(H,20,21). The van der Waals surface area contributed by atoms with Crippen LogP contribution in [-0.4, -0.2) is 5.91 Å². The number of anilines is 1. The molecule has 2 heteroatoms. The van der Waals surface area contributed by atoms with Crippen molar-refractivity contribution in [3.8, 4) is 0 Å². The van der Waals surface area contributed by atoms with Crippen LogP contribution in [0.3, 0.4) is 0 Å². The highest BCUT2D eigenvalue weighted by molar-refractivity contribution is 5.90. The van der Waals surface area contributed by atoms with Crippen LogP contribution in [-0.2, 0) is 11.2 Å². The van der Waals surface area contributed by atoms with Crippen LogP contribution in [0.15, 0.2) is 61.2 Å². The van der Waals surface area contributed by atoms with Gasteiger partial charge in [-0.25, -0.2) is 0 Å². The molecular formula is C19H21NO. The molecule has 0 fully saturated rings. The van der Waals surface area contributed by atoms with Crippen LogP contribution >= 0.6 is 0 Å². The van der Waals surface area contributed by atoms with Crippen LogP contribution < -0.4 is 5.32 Å². The van der Waals surface area contributed by atoms with E-state index < -0.39 is 0 Å². The van der Waals surface area contributed by atoms with E-state index in [0.717, 1.165) is 23.2 Å². The minimum atomic E-state index is -0.0481. The number of carbonyl (C=O) groups is 1. The Morgan fingerprint density at radius 3 is 2.52 bits per heavy atom. The lowest BCUT2D eigenvalue weighted by atomic mass is 9.93. The molecule has 2 aromatic rings. The van der Waals surface area contributed by atoms with Crippen LogP contribution in [0.1, 0.15) is 36.5 Å². The fourth-order valence-electron chi connectivity index (χ4n) is 2.42. The van der Waals surface area contributed by atoms with Gasteiger partial charge in [-0.1, -0.05) is 61.5 Å². The fourth-order valence-corrected chi connectivity index (χ4v) is 2.42. The van der Waals surface area contributed by atoms with Crippen molar-refractivity contribution in [2.24, 2.45) is 0 Å². The average molecular weight is 279 g/mol. The summed E-state index contributed by atoms with van der Waals surface area (Å²) < 4.78 is 0. The largest absolute Gasteiger partial charge is 0.326 e. The summed E-state index contributed by atoms with van der Waals surface area (Å²) in [7, 11) is 0. The topological polar surface area (TPSA) is 29.1 Å². The Bertz CT molecular complexity index is 631. The molecule has 0 spiro atoms. The smallest absolute Gasteiger partial charge is 0.221 e. The quantitative estimate of drug-likeness (QED) is 0.801. The minimum absolute atomic E-state index is 0.0481. The Morgan fingerprint density at radius 1 is 1.19 bits per heavy atom. The number of rotatable bonds is 5. The van der Waals surface area contributed by atoms with E-state index in [1.54, 1.807) is 6.92 Å². The number of benzene rings is 2. The highest BCUT2D eigenvalue weighted by Crippen LogP contribution is 2.30. The van der Waals surface area contributed by atoms with Gasteiger partial charge in [-0.3, -0.25) is 4.79 Å². The van der Waals surface area contributed by atoms with Gasteiger partial charge >= 0.3 is 0 Å². The van der Waals surface area contributed by atoms with Crippen molar-refractivity contribution < 1.29 is 4.79 Å². The summed E-state index contributed by atoms with van der Waals surface area (Å²) >= 11 is 0. The van der Waals surface area contributed by atoms with Crippen molar-refractivity contribution >= 4 is 11.6 Å². The fraction of sp³-hybridized carbons (Fsp3) is 0.211. The normalized spacial score (nSPS) is 11.7. The predicted octanol–water partition coefficient (Wildman–Crippen LogP) is 4.53. The maximum Gasteiger partial charge on any atom is 0.221 e. The molecule has 0 aliphatic carbocycles. The molecule has 0 aliphatic heterocycles. The molecule has 0 saturated carbocycles. The second-order valence-electron chi connectivity index (χ2n) is 5.25. The highest BCUT2D eigenvalue weighted by Gasteiger charge is 2.13. The van der Waals surface area contributed by atoms with E-state index in [1.165, 1.54) is 5.56 Å². The molecular weight excluding hydrogens is 258 g/mol. The first-order valence-corrected chi connectivity index (χ1v) is 7.17. The molecule has 2 aromatic carbocycles. The van der Waals surface area contributed by atoms with Gasteiger partial charge in [0.05, 0.1) is 0 Å². The molecule has 0 aliphatic rings. The lowest BCUT2D eigenvalue weighted by Crippen LogP contribution is -2.11. The van der Waals surface area contributed by atoms with Gasteiger partial charge < -0.3 is 5.32 Å². The Morgan fingerprint density at radius 2 is 1.90 bits per heavy atom. The van der Waals surface area contributed by atoms with E-state index in [9.17, 15) is 4.79 Å². The number of hydrogen-bond donors (Lipinski definition) is 1. The minimum Gasteiger partial charge on any atom is -0.326 e.